The first kappa shape index (κ1) is 18.3. The molecule has 0 aliphatic carbocycles. The first-order valence-corrected chi connectivity index (χ1v) is 8.83. The van der Waals surface area contributed by atoms with Crippen LogP contribution < -0.4 is 0 Å². The van der Waals surface area contributed by atoms with Gasteiger partial charge in [-0.25, -0.2) is 4.79 Å². The van der Waals surface area contributed by atoms with E-state index in [-0.39, 0.29) is 11.5 Å². The van der Waals surface area contributed by atoms with Crippen molar-refractivity contribution in [3.63, 3.8) is 0 Å². The highest BCUT2D eigenvalue weighted by molar-refractivity contribution is 9.10. The summed E-state index contributed by atoms with van der Waals surface area (Å²) in [6.07, 6.45) is -0.821. The molecule has 128 valence electrons. The van der Waals surface area contributed by atoms with Crippen LogP contribution in [0.1, 0.15) is 40.2 Å². The average Bonchev–Trinajstić information content (AvgIpc) is 2.39. The molecule has 1 heterocycles. The molecule has 1 N–H and O–H groups in total. The van der Waals surface area contributed by atoms with Gasteiger partial charge in [-0.2, -0.15) is 0 Å². The molecular weight excluding hydrogens is 356 g/mol. The minimum atomic E-state index is -0.821. The Kier molecular flexibility index (Phi) is 5.12. The molecular formula is C18H27BrN2O2. The third kappa shape index (κ3) is 3.72. The summed E-state index contributed by atoms with van der Waals surface area (Å²) in [5.41, 5.74) is 0.685. The molecule has 0 bridgehead atoms. The lowest BCUT2D eigenvalue weighted by atomic mass is 9.71. The van der Waals surface area contributed by atoms with E-state index in [0.29, 0.717) is 0 Å². The van der Waals surface area contributed by atoms with Gasteiger partial charge >= 0.3 is 6.09 Å². The van der Waals surface area contributed by atoms with Crippen LogP contribution in [0.4, 0.5) is 4.79 Å². The van der Waals surface area contributed by atoms with Gasteiger partial charge in [0.2, 0.25) is 0 Å². The first-order valence-electron chi connectivity index (χ1n) is 8.03. The summed E-state index contributed by atoms with van der Waals surface area (Å²) in [7, 11) is 0. The van der Waals surface area contributed by atoms with Crippen LogP contribution in [-0.4, -0.2) is 45.7 Å². The number of piperazine rings is 1. The van der Waals surface area contributed by atoms with Gasteiger partial charge in [-0.3, -0.25) is 9.80 Å². The molecule has 23 heavy (non-hydrogen) atoms. The molecule has 0 unspecified atom stereocenters. The van der Waals surface area contributed by atoms with Gasteiger partial charge in [0.05, 0.1) is 5.54 Å². The van der Waals surface area contributed by atoms with Crippen LogP contribution >= 0.6 is 15.9 Å². The first-order chi connectivity index (χ1) is 10.5. The van der Waals surface area contributed by atoms with Crippen molar-refractivity contribution in [3.8, 4) is 0 Å². The van der Waals surface area contributed by atoms with Crippen LogP contribution in [0.25, 0.3) is 0 Å². The van der Waals surface area contributed by atoms with Crippen LogP contribution in [-0.2, 0) is 6.54 Å². The predicted octanol–water partition coefficient (Wildman–Crippen LogP) is 4.44. The van der Waals surface area contributed by atoms with Gasteiger partial charge < -0.3 is 5.11 Å². The van der Waals surface area contributed by atoms with Crippen molar-refractivity contribution in [1.82, 2.24) is 9.80 Å². The molecule has 2 rings (SSSR count). The maximum atomic E-state index is 11.8. The van der Waals surface area contributed by atoms with Crippen molar-refractivity contribution in [3.05, 3.63) is 34.3 Å². The van der Waals surface area contributed by atoms with E-state index < -0.39 is 11.6 Å². The van der Waals surface area contributed by atoms with Crippen molar-refractivity contribution in [2.24, 2.45) is 5.41 Å². The number of benzene rings is 1. The molecule has 1 aliphatic rings. The number of hydrogen-bond donors (Lipinski definition) is 1. The molecule has 0 aromatic heterocycles. The molecule has 2 atom stereocenters. The zero-order valence-electron chi connectivity index (χ0n) is 14.6. The van der Waals surface area contributed by atoms with E-state index in [1.54, 1.807) is 4.90 Å². The highest BCUT2D eigenvalue weighted by Gasteiger charge is 2.50. The monoisotopic (exact) mass is 382 g/mol. The fourth-order valence-electron chi connectivity index (χ4n) is 3.48. The van der Waals surface area contributed by atoms with Gasteiger partial charge in [0, 0.05) is 30.1 Å². The van der Waals surface area contributed by atoms with Crippen LogP contribution in [0.5, 0.6) is 0 Å². The highest BCUT2D eigenvalue weighted by atomic mass is 79.9. The summed E-state index contributed by atoms with van der Waals surface area (Å²) in [4.78, 5) is 15.9. The maximum Gasteiger partial charge on any atom is 0.408 e. The smallest absolute Gasteiger partial charge is 0.408 e. The number of amides is 1. The fraction of sp³-hybridized carbons (Fsp3) is 0.611. The van der Waals surface area contributed by atoms with Crippen LogP contribution in [0, 0.1) is 5.41 Å². The number of nitrogens with zero attached hydrogens (tertiary/aromatic N) is 2. The topological polar surface area (TPSA) is 43.8 Å². The van der Waals surface area contributed by atoms with Crippen molar-refractivity contribution >= 4 is 22.0 Å². The minimum absolute atomic E-state index is 0.0269. The number of carboxylic acid groups (broad SMARTS) is 1. The van der Waals surface area contributed by atoms with Gasteiger partial charge in [0.1, 0.15) is 0 Å². The zero-order chi connectivity index (χ0) is 17.4. The molecule has 1 fully saturated rings. The van der Waals surface area contributed by atoms with E-state index in [4.69, 9.17) is 0 Å². The second-order valence-corrected chi connectivity index (χ2v) is 8.74. The van der Waals surface area contributed by atoms with E-state index in [2.05, 4.69) is 72.8 Å². The summed E-state index contributed by atoms with van der Waals surface area (Å²) < 4.78 is 1.07. The fourth-order valence-corrected chi connectivity index (χ4v) is 3.75. The number of rotatable bonds is 2. The lowest BCUT2D eigenvalue weighted by molar-refractivity contribution is -0.0716. The van der Waals surface area contributed by atoms with Gasteiger partial charge in [0.15, 0.2) is 0 Å². The molecule has 1 saturated heterocycles. The Morgan fingerprint density at radius 2 is 1.91 bits per heavy atom. The molecule has 1 aliphatic heterocycles. The Hall–Kier alpha value is -1.07. The summed E-state index contributed by atoms with van der Waals surface area (Å²) in [6.45, 7) is 12.8. The minimum Gasteiger partial charge on any atom is -0.465 e. The Labute approximate surface area is 147 Å². The van der Waals surface area contributed by atoms with Gasteiger partial charge in [-0.15, -0.1) is 0 Å². The molecule has 0 spiro atoms. The predicted molar refractivity (Wildman–Crippen MR) is 96.6 cm³/mol. The third-order valence-corrected chi connectivity index (χ3v) is 5.70. The van der Waals surface area contributed by atoms with Gasteiger partial charge in [-0.1, -0.05) is 48.8 Å². The second kappa shape index (κ2) is 6.44. The lowest BCUT2D eigenvalue weighted by Crippen LogP contribution is -2.70. The normalized spacial score (nSPS) is 26.3. The van der Waals surface area contributed by atoms with Crippen LogP contribution in [0.15, 0.2) is 28.7 Å². The Morgan fingerprint density at radius 1 is 1.35 bits per heavy atom. The SMILES string of the molecule is C[C@H]1CN(Cc2ccc(Br)cc2)C[C@@](C)(C(C)(C)C)N1C(=O)O. The van der Waals surface area contributed by atoms with Crippen molar-refractivity contribution in [2.75, 3.05) is 13.1 Å². The third-order valence-electron chi connectivity index (χ3n) is 5.17. The Bertz CT molecular complexity index is 567. The second-order valence-electron chi connectivity index (χ2n) is 7.82. The summed E-state index contributed by atoms with van der Waals surface area (Å²) >= 11 is 3.46. The highest BCUT2D eigenvalue weighted by Crippen LogP contribution is 2.40. The van der Waals surface area contributed by atoms with Gasteiger partial charge in [0.25, 0.3) is 0 Å². The van der Waals surface area contributed by atoms with Crippen LogP contribution in [0.3, 0.4) is 0 Å². The summed E-state index contributed by atoms with van der Waals surface area (Å²) in [5, 5.41) is 9.72. The number of hydrogen-bond acceptors (Lipinski definition) is 2. The molecule has 4 nitrogen and oxygen atoms in total. The van der Waals surface area contributed by atoms with E-state index in [1.807, 2.05) is 6.92 Å². The van der Waals surface area contributed by atoms with Crippen molar-refractivity contribution in [2.45, 2.75) is 52.7 Å². The standard InChI is InChI=1S/C18H27BrN2O2/c1-13-10-20(11-14-6-8-15(19)9-7-14)12-18(5,17(2,3)4)21(13)16(22)23/h6-9,13H,10-12H2,1-5H3,(H,22,23)/t13-,18-/m0/s1. The van der Waals surface area contributed by atoms with E-state index in [0.717, 1.165) is 24.1 Å². The molecule has 1 aromatic carbocycles. The molecule has 1 amide bonds. The van der Waals surface area contributed by atoms with Crippen molar-refractivity contribution < 1.29 is 9.90 Å². The zero-order valence-corrected chi connectivity index (χ0v) is 16.2. The quantitative estimate of drug-likeness (QED) is 0.821. The summed E-state index contributed by atoms with van der Waals surface area (Å²) in [5.74, 6) is 0. The summed E-state index contributed by atoms with van der Waals surface area (Å²) in [6, 6.07) is 8.31. The Morgan fingerprint density at radius 3 is 2.39 bits per heavy atom. The van der Waals surface area contributed by atoms with E-state index in [1.165, 1.54) is 5.56 Å². The maximum absolute atomic E-state index is 11.8. The van der Waals surface area contributed by atoms with Gasteiger partial charge in [-0.05, 0) is 37.0 Å². The molecule has 0 saturated carbocycles. The van der Waals surface area contributed by atoms with E-state index in [9.17, 15) is 9.90 Å². The largest absolute Gasteiger partial charge is 0.465 e. The lowest BCUT2D eigenvalue weighted by Gasteiger charge is -2.57. The van der Waals surface area contributed by atoms with Crippen molar-refractivity contribution in [1.29, 1.82) is 0 Å². The van der Waals surface area contributed by atoms with Crippen LogP contribution in [0.2, 0.25) is 0 Å². The number of halogens is 1. The molecule has 0 radical (unpaired) electrons. The average molecular weight is 383 g/mol. The molecule has 1 aromatic rings. The Balaban J connectivity index is 2.26. The number of carbonyl (C=O) groups is 1. The van der Waals surface area contributed by atoms with E-state index >= 15 is 0 Å². The molecule has 5 heteroatoms.